The molecule has 0 unspecified atom stereocenters. The summed E-state index contributed by atoms with van der Waals surface area (Å²) < 4.78 is 4.48. The zero-order valence-electron chi connectivity index (χ0n) is 7.38. The molecule has 0 saturated heterocycles. The van der Waals surface area contributed by atoms with E-state index in [9.17, 15) is 9.59 Å². The third-order valence-electron chi connectivity index (χ3n) is 1.35. The van der Waals surface area contributed by atoms with Gasteiger partial charge in [-0.25, -0.2) is 4.79 Å². The molecule has 4 nitrogen and oxygen atoms in total. The van der Waals surface area contributed by atoms with E-state index in [4.69, 9.17) is 5.11 Å². The smallest absolute Gasteiger partial charge is 0.373 e. The third-order valence-corrected chi connectivity index (χ3v) is 1.35. The predicted molar refractivity (Wildman–Crippen MR) is 42.6 cm³/mol. The summed E-state index contributed by atoms with van der Waals surface area (Å²) in [5.74, 6) is -1.81. The fraction of sp³-hybridized carbons (Fsp3) is 0.500. The van der Waals surface area contributed by atoms with Crippen LogP contribution in [-0.2, 0) is 14.3 Å². The second-order valence-corrected chi connectivity index (χ2v) is 2.25. The summed E-state index contributed by atoms with van der Waals surface area (Å²) in [6, 6.07) is 0. The fourth-order valence-corrected chi connectivity index (χ4v) is 0.519. The van der Waals surface area contributed by atoms with E-state index in [-0.39, 0.29) is 18.0 Å². The van der Waals surface area contributed by atoms with E-state index >= 15 is 0 Å². The number of carbonyl (C=O) groups is 2. The number of Topliss-reactive ketones (excluding diaryl/α,β-unsaturated/α-hetero) is 1. The molecule has 4 heteroatoms. The molecule has 0 heterocycles. The number of hydrogen-bond donors (Lipinski definition) is 1. The van der Waals surface area contributed by atoms with Crippen molar-refractivity contribution in [2.24, 2.45) is 0 Å². The SMILES string of the molecule is CCOC(=O)C(O)=C(C)C(C)=O. The Bertz CT molecular complexity index is 227. The molecule has 12 heavy (non-hydrogen) atoms. The Morgan fingerprint density at radius 2 is 1.83 bits per heavy atom. The molecule has 0 spiro atoms. The maximum Gasteiger partial charge on any atom is 0.373 e. The van der Waals surface area contributed by atoms with Gasteiger partial charge in [-0.15, -0.1) is 0 Å². The van der Waals surface area contributed by atoms with Crippen LogP contribution in [0.4, 0.5) is 0 Å². The van der Waals surface area contributed by atoms with E-state index in [1.807, 2.05) is 0 Å². The average molecular weight is 172 g/mol. The van der Waals surface area contributed by atoms with Gasteiger partial charge in [0, 0.05) is 5.57 Å². The molecule has 0 atom stereocenters. The number of ether oxygens (including phenoxy) is 1. The summed E-state index contributed by atoms with van der Waals surface area (Å²) in [6.07, 6.45) is 0. The highest BCUT2D eigenvalue weighted by atomic mass is 16.5. The summed E-state index contributed by atoms with van der Waals surface area (Å²) in [5, 5.41) is 9.07. The van der Waals surface area contributed by atoms with Gasteiger partial charge < -0.3 is 9.84 Å². The molecule has 0 rings (SSSR count). The van der Waals surface area contributed by atoms with Crippen LogP contribution in [0.2, 0.25) is 0 Å². The van der Waals surface area contributed by atoms with Crippen molar-refractivity contribution in [3.63, 3.8) is 0 Å². The van der Waals surface area contributed by atoms with Crippen molar-refractivity contribution in [3.05, 3.63) is 11.3 Å². The second kappa shape index (κ2) is 4.54. The first-order valence-electron chi connectivity index (χ1n) is 3.58. The predicted octanol–water partition coefficient (Wildman–Crippen LogP) is 0.971. The fourth-order valence-electron chi connectivity index (χ4n) is 0.519. The molecule has 0 aliphatic carbocycles. The van der Waals surface area contributed by atoms with Gasteiger partial charge in [-0.3, -0.25) is 4.79 Å². The number of ketones is 1. The van der Waals surface area contributed by atoms with Crippen LogP contribution < -0.4 is 0 Å². The van der Waals surface area contributed by atoms with Gasteiger partial charge in [0.15, 0.2) is 5.78 Å². The van der Waals surface area contributed by atoms with E-state index in [1.165, 1.54) is 13.8 Å². The van der Waals surface area contributed by atoms with Gasteiger partial charge in [-0.1, -0.05) is 0 Å². The topological polar surface area (TPSA) is 63.6 Å². The summed E-state index contributed by atoms with van der Waals surface area (Å²) in [5.41, 5.74) is 0.0217. The van der Waals surface area contributed by atoms with E-state index in [2.05, 4.69) is 4.74 Å². The highest BCUT2D eigenvalue weighted by molar-refractivity contribution is 6.00. The van der Waals surface area contributed by atoms with E-state index in [1.54, 1.807) is 6.92 Å². The monoisotopic (exact) mass is 172 g/mol. The zero-order chi connectivity index (χ0) is 9.72. The van der Waals surface area contributed by atoms with Gasteiger partial charge in [0.1, 0.15) is 0 Å². The van der Waals surface area contributed by atoms with E-state index in [0.29, 0.717) is 0 Å². The van der Waals surface area contributed by atoms with Crippen molar-refractivity contribution in [2.75, 3.05) is 6.61 Å². The summed E-state index contributed by atoms with van der Waals surface area (Å²) in [7, 11) is 0. The molecule has 0 aromatic rings. The summed E-state index contributed by atoms with van der Waals surface area (Å²) >= 11 is 0. The molecule has 1 N–H and O–H groups in total. The maximum atomic E-state index is 10.8. The molecule has 0 aliphatic heterocycles. The lowest BCUT2D eigenvalue weighted by molar-refractivity contribution is -0.141. The molecule has 0 saturated carbocycles. The maximum absolute atomic E-state index is 10.8. The van der Waals surface area contributed by atoms with Gasteiger partial charge >= 0.3 is 5.97 Å². The number of allylic oxidation sites excluding steroid dienone is 1. The Hall–Kier alpha value is -1.32. The Labute approximate surface area is 70.8 Å². The van der Waals surface area contributed by atoms with Gasteiger partial charge in [-0.2, -0.15) is 0 Å². The van der Waals surface area contributed by atoms with Crippen molar-refractivity contribution in [2.45, 2.75) is 20.8 Å². The number of rotatable bonds is 3. The zero-order valence-corrected chi connectivity index (χ0v) is 7.38. The van der Waals surface area contributed by atoms with Crippen LogP contribution in [-0.4, -0.2) is 23.5 Å². The van der Waals surface area contributed by atoms with Gasteiger partial charge in [0.05, 0.1) is 6.61 Å². The van der Waals surface area contributed by atoms with Crippen LogP contribution in [0.3, 0.4) is 0 Å². The Balaban J connectivity index is 4.55. The number of esters is 1. The van der Waals surface area contributed by atoms with Crippen LogP contribution in [0.5, 0.6) is 0 Å². The second-order valence-electron chi connectivity index (χ2n) is 2.25. The molecule has 0 radical (unpaired) electrons. The first-order valence-corrected chi connectivity index (χ1v) is 3.58. The molecular weight excluding hydrogens is 160 g/mol. The Kier molecular flexibility index (Phi) is 4.04. The van der Waals surface area contributed by atoms with Gasteiger partial charge in [0.25, 0.3) is 0 Å². The largest absolute Gasteiger partial charge is 0.502 e. The van der Waals surface area contributed by atoms with Crippen molar-refractivity contribution in [1.82, 2.24) is 0 Å². The average Bonchev–Trinajstić information content (AvgIpc) is 2.02. The van der Waals surface area contributed by atoms with Crippen LogP contribution in [0.25, 0.3) is 0 Å². The lowest BCUT2D eigenvalue weighted by atomic mass is 10.2. The summed E-state index contributed by atoms with van der Waals surface area (Å²) in [6.45, 7) is 4.43. The minimum absolute atomic E-state index is 0.0217. The lowest BCUT2D eigenvalue weighted by Crippen LogP contribution is -2.11. The van der Waals surface area contributed by atoms with Crippen molar-refractivity contribution in [1.29, 1.82) is 0 Å². The highest BCUT2D eigenvalue weighted by Crippen LogP contribution is 2.03. The highest BCUT2D eigenvalue weighted by Gasteiger charge is 2.14. The molecule has 0 bridgehead atoms. The quantitative estimate of drug-likeness (QED) is 0.391. The molecule has 0 aliphatic rings. The first-order chi connectivity index (χ1) is 5.50. The minimum Gasteiger partial charge on any atom is -0.502 e. The molecule has 0 aromatic carbocycles. The van der Waals surface area contributed by atoms with Crippen LogP contribution in [0.15, 0.2) is 11.3 Å². The lowest BCUT2D eigenvalue weighted by Gasteiger charge is -2.02. The number of carbonyl (C=O) groups excluding carboxylic acids is 2. The van der Waals surface area contributed by atoms with Crippen molar-refractivity contribution in [3.8, 4) is 0 Å². The van der Waals surface area contributed by atoms with Crippen molar-refractivity contribution >= 4 is 11.8 Å². The van der Waals surface area contributed by atoms with Crippen LogP contribution in [0.1, 0.15) is 20.8 Å². The number of aliphatic hydroxyl groups excluding tert-OH is 1. The normalized spacial score (nSPS) is 11.9. The minimum atomic E-state index is -0.856. The Morgan fingerprint density at radius 1 is 1.33 bits per heavy atom. The number of hydrogen-bond acceptors (Lipinski definition) is 4. The van der Waals surface area contributed by atoms with Crippen LogP contribution >= 0.6 is 0 Å². The van der Waals surface area contributed by atoms with Gasteiger partial charge in [0.2, 0.25) is 5.76 Å². The molecule has 0 fully saturated rings. The summed E-state index contributed by atoms with van der Waals surface area (Å²) in [4.78, 5) is 21.5. The molecular formula is C8H12O4. The number of aliphatic hydroxyl groups is 1. The third kappa shape index (κ3) is 2.74. The van der Waals surface area contributed by atoms with E-state index in [0.717, 1.165) is 0 Å². The first kappa shape index (κ1) is 10.7. The van der Waals surface area contributed by atoms with Gasteiger partial charge in [-0.05, 0) is 20.8 Å². The molecule has 68 valence electrons. The molecule has 0 aromatic heterocycles. The van der Waals surface area contributed by atoms with Crippen molar-refractivity contribution < 1.29 is 19.4 Å². The molecule has 0 amide bonds. The van der Waals surface area contributed by atoms with Crippen LogP contribution in [0, 0.1) is 0 Å². The van der Waals surface area contributed by atoms with E-state index < -0.39 is 11.7 Å². The Morgan fingerprint density at radius 3 is 2.17 bits per heavy atom. The standard InChI is InChI=1S/C8H12O4/c1-4-12-8(11)7(10)5(2)6(3)9/h10H,4H2,1-3H3.